The van der Waals surface area contributed by atoms with Crippen LogP contribution in [0.2, 0.25) is 0 Å². The molecule has 7 rings (SSSR count). The first-order valence-electron chi connectivity index (χ1n) is 13.8. The first-order valence-corrected chi connectivity index (χ1v) is 13.8. The van der Waals surface area contributed by atoms with Crippen molar-refractivity contribution in [2.75, 3.05) is 24.4 Å². The molecular weight excluding hydrogens is 528 g/mol. The summed E-state index contributed by atoms with van der Waals surface area (Å²) in [5.74, 6) is -0.759. The Bertz CT molecular complexity index is 1780. The summed E-state index contributed by atoms with van der Waals surface area (Å²) < 4.78 is 10.8. The van der Waals surface area contributed by atoms with Gasteiger partial charge in [0, 0.05) is 22.5 Å². The summed E-state index contributed by atoms with van der Waals surface area (Å²) >= 11 is 0. The van der Waals surface area contributed by atoms with Crippen LogP contribution >= 0.6 is 0 Å². The Balaban J connectivity index is 1.52. The molecular formula is C35H28N2O5. The molecule has 42 heavy (non-hydrogen) atoms. The number of fused-ring (bicyclic) bond motifs is 6. The van der Waals surface area contributed by atoms with E-state index in [0.29, 0.717) is 33.9 Å². The van der Waals surface area contributed by atoms with E-state index in [-0.39, 0.29) is 17.5 Å². The number of amides is 1. The monoisotopic (exact) mass is 556 g/mol. The second-order valence-electron chi connectivity index (χ2n) is 10.8. The Labute approximate surface area is 243 Å². The summed E-state index contributed by atoms with van der Waals surface area (Å²) in [6.07, 6.45) is 3.96. The van der Waals surface area contributed by atoms with Crippen molar-refractivity contribution in [3.8, 4) is 11.5 Å². The van der Waals surface area contributed by atoms with Crippen LogP contribution in [0.25, 0.3) is 6.08 Å². The first kappa shape index (κ1) is 25.8. The molecule has 0 radical (unpaired) electrons. The van der Waals surface area contributed by atoms with Crippen LogP contribution < -0.4 is 19.7 Å². The van der Waals surface area contributed by atoms with Crippen LogP contribution in [0, 0.1) is 5.92 Å². The lowest BCUT2D eigenvalue weighted by Crippen LogP contribution is -2.51. The van der Waals surface area contributed by atoms with Crippen LogP contribution in [0.3, 0.4) is 0 Å². The summed E-state index contributed by atoms with van der Waals surface area (Å²) in [7, 11) is 3.11. The topological polar surface area (TPSA) is 84.9 Å². The number of nitrogens with one attached hydrogen (secondary N) is 1. The van der Waals surface area contributed by atoms with Gasteiger partial charge in [0.05, 0.1) is 26.2 Å². The minimum Gasteiger partial charge on any atom is -0.497 e. The highest BCUT2D eigenvalue weighted by Crippen LogP contribution is 2.58. The molecule has 0 bridgehead atoms. The second-order valence-corrected chi connectivity index (χ2v) is 10.8. The molecule has 4 atom stereocenters. The van der Waals surface area contributed by atoms with Crippen LogP contribution in [-0.4, -0.2) is 43.8 Å². The molecule has 3 aliphatic rings. The quantitative estimate of drug-likeness (QED) is 0.313. The van der Waals surface area contributed by atoms with E-state index in [1.54, 1.807) is 62.8 Å². The standard InChI is InChI=1S/C35H28N2O5/c1-41-24-17-14-22(15-18-24)33(39)31-30(32(38)23-9-7-10-25(20-23)42-2)35(26-11-4-5-12-27(26)36-34(35)40)29-19-16-21-8-3-6-13-28(21)37(29)31/h3-20,29-31H,1-2H3,(H,36,40)/t29-,30-,31+,35-/m0/s1. The van der Waals surface area contributed by atoms with Crippen LogP contribution in [0.1, 0.15) is 31.8 Å². The van der Waals surface area contributed by atoms with E-state index in [1.807, 2.05) is 65.6 Å². The fourth-order valence-electron chi connectivity index (χ4n) is 7.00. The third-order valence-electron chi connectivity index (χ3n) is 8.82. The summed E-state index contributed by atoms with van der Waals surface area (Å²) in [5, 5.41) is 3.06. The van der Waals surface area contributed by atoms with Crippen molar-refractivity contribution in [2.24, 2.45) is 5.92 Å². The number of carbonyl (C=O) groups is 3. The van der Waals surface area contributed by atoms with Gasteiger partial charge >= 0.3 is 0 Å². The normalized spacial score (nSPS) is 23.1. The van der Waals surface area contributed by atoms with Gasteiger partial charge in [0.15, 0.2) is 11.6 Å². The molecule has 4 aromatic carbocycles. The number of Topliss-reactive ketones (excluding diaryl/α,β-unsaturated/α-hetero) is 2. The third kappa shape index (κ3) is 3.56. The van der Waals surface area contributed by atoms with Crippen molar-refractivity contribution in [3.05, 3.63) is 125 Å². The Morgan fingerprint density at radius 3 is 2.31 bits per heavy atom. The van der Waals surface area contributed by atoms with Gasteiger partial charge < -0.3 is 19.7 Å². The maximum absolute atomic E-state index is 14.9. The van der Waals surface area contributed by atoms with E-state index in [1.165, 1.54) is 0 Å². The van der Waals surface area contributed by atoms with E-state index >= 15 is 0 Å². The number of ketones is 2. The molecule has 0 aliphatic carbocycles. The number of anilines is 2. The molecule has 7 nitrogen and oxygen atoms in total. The van der Waals surface area contributed by atoms with Gasteiger partial charge in [0.1, 0.15) is 23.0 Å². The molecule has 4 aromatic rings. The lowest BCUT2D eigenvalue weighted by molar-refractivity contribution is -0.121. The number of methoxy groups -OCH3 is 2. The molecule has 1 fully saturated rings. The molecule has 0 aromatic heterocycles. The van der Waals surface area contributed by atoms with E-state index in [9.17, 15) is 14.4 Å². The first-order chi connectivity index (χ1) is 20.5. The third-order valence-corrected chi connectivity index (χ3v) is 8.82. The molecule has 7 heteroatoms. The maximum atomic E-state index is 14.9. The van der Waals surface area contributed by atoms with Gasteiger partial charge in [-0.3, -0.25) is 14.4 Å². The van der Waals surface area contributed by atoms with Crippen LogP contribution in [-0.2, 0) is 10.2 Å². The molecule has 0 saturated carbocycles. The largest absolute Gasteiger partial charge is 0.497 e. The molecule has 3 heterocycles. The average molecular weight is 557 g/mol. The predicted octanol–water partition coefficient (Wildman–Crippen LogP) is 5.56. The summed E-state index contributed by atoms with van der Waals surface area (Å²) in [6.45, 7) is 0. The van der Waals surface area contributed by atoms with Gasteiger partial charge in [-0.1, -0.05) is 60.7 Å². The maximum Gasteiger partial charge on any atom is 0.238 e. The zero-order valence-corrected chi connectivity index (χ0v) is 23.1. The van der Waals surface area contributed by atoms with Crippen molar-refractivity contribution >= 4 is 34.9 Å². The fraction of sp³-hybridized carbons (Fsp3) is 0.171. The number of rotatable bonds is 6. The van der Waals surface area contributed by atoms with Gasteiger partial charge in [0.2, 0.25) is 5.91 Å². The number of ether oxygens (including phenoxy) is 2. The molecule has 1 spiro atoms. The fourth-order valence-corrected chi connectivity index (χ4v) is 7.00. The van der Waals surface area contributed by atoms with Crippen LogP contribution in [0.4, 0.5) is 11.4 Å². The molecule has 1 amide bonds. The number of benzene rings is 4. The highest BCUT2D eigenvalue weighted by molar-refractivity contribution is 6.18. The van der Waals surface area contributed by atoms with Gasteiger partial charge in [0.25, 0.3) is 0 Å². The van der Waals surface area contributed by atoms with Crippen molar-refractivity contribution in [2.45, 2.75) is 17.5 Å². The summed E-state index contributed by atoms with van der Waals surface area (Å²) in [5.41, 5.74) is 2.51. The highest BCUT2D eigenvalue weighted by atomic mass is 16.5. The van der Waals surface area contributed by atoms with Gasteiger partial charge in [-0.25, -0.2) is 0 Å². The zero-order valence-electron chi connectivity index (χ0n) is 23.1. The molecule has 1 N–H and O–H groups in total. The minimum absolute atomic E-state index is 0.247. The molecule has 0 unspecified atom stereocenters. The van der Waals surface area contributed by atoms with Crippen molar-refractivity contribution < 1.29 is 23.9 Å². The summed E-state index contributed by atoms with van der Waals surface area (Å²) in [4.78, 5) is 46.0. The molecule has 3 aliphatic heterocycles. The minimum atomic E-state index is -1.37. The Morgan fingerprint density at radius 1 is 0.786 bits per heavy atom. The number of hydrogen-bond acceptors (Lipinski definition) is 6. The zero-order chi connectivity index (χ0) is 29.0. The van der Waals surface area contributed by atoms with Gasteiger partial charge in [-0.2, -0.15) is 0 Å². The van der Waals surface area contributed by atoms with Crippen LogP contribution in [0.15, 0.2) is 103 Å². The number of carbonyl (C=O) groups excluding carboxylic acids is 3. The molecule has 208 valence electrons. The van der Waals surface area contributed by atoms with E-state index in [4.69, 9.17) is 9.47 Å². The Kier molecular flexibility index (Phi) is 5.97. The molecule has 1 saturated heterocycles. The van der Waals surface area contributed by atoms with E-state index in [0.717, 1.165) is 11.3 Å². The van der Waals surface area contributed by atoms with Crippen molar-refractivity contribution in [3.63, 3.8) is 0 Å². The Hall–Kier alpha value is -5.17. The van der Waals surface area contributed by atoms with E-state index in [2.05, 4.69) is 5.32 Å². The summed E-state index contributed by atoms with van der Waals surface area (Å²) in [6, 6.07) is 27.5. The lowest BCUT2D eigenvalue weighted by atomic mass is 9.64. The van der Waals surface area contributed by atoms with Gasteiger partial charge in [-0.05, 0) is 59.7 Å². The SMILES string of the molecule is COc1ccc(C(=O)[C@H]2[C@@H](C(=O)c3cccc(OC)c3)[C@@]3(C(=O)Nc4ccccc43)[C@@H]3C=Cc4ccccc4N32)cc1. The van der Waals surface area contributed by atoms with Crippen LogP contribution in [0.5, 0.6) is 11.5 Å². The average Bonchev–Trinajstić information content (AvgIpc) is 3.52. The smallest absolute Gasteiger partial charge is 0.238 e. The number of para-hydroxylation sites is 2. The van der Waals surface area contributed by atoms with E-state index < -0.39 is 23.4 Å². The Morgan fingerprint density at radius 2 is 1.52 bits per heavy atom. The number of hydrogen-bond donors (Lipinski definition) is 1. The highest BCUT2D eigenvalue weighted by Gasteiger charge is 2.70. The number of nitrogens with zero attached hydrogens (tertiary/aromatic N) is 1. The van der Waals surface area contributed by atoms with Crippen molar-refractivity contribution in [1.82, 2.24) is 0 Å². The van der Waals surface area contributed by atoms with Crippen molar-refractivity contribution in [1.29, 1.82) is 0 Å². The predicted molar refractivity (Wildman–Crippen MR) is 160 cm³/mol. The van der Waals surface area contributed by atoms with Gasteiger partial charge in [-0.15, -0.1) is 0 Å². The second kappa shape index (κ2) is 9.73. The lowest BCUT2D eigenvalue weighted by Gasteiger charge is -2.37.